The van der Waals surface area contributed by atoms with Crippen LogP contribution in [0.1, 0.15) is 29.2 Å². The van der Waals surface area contributed by atoms with Crippen LogP contribution in [0.3, 0.4) is 0 Å². The van der Waals surface area contributed by atoms with E-state index >= 15 is 0 Å². The Morgan fingerprint density at radius 3 is 2.47 bits per heavy atom. The predicted molar refractivity (Wildman–Crippen MR) is 122 cm³/mol. The third-order valence-electron chi connectivity index (χ3n) is 4.49. The van der Waals surface area contributed by atoms with Crippen molar-refractivity contribution in [1.29, 1.82) is 0 Å². The van der Waals surface area contributed by atoms with E-state index in [2.05, 4.69) is 20.6 Å². The van der Waals surface area contributed by atoms with Gasteiger partial charge in [-0.05, 0) is 19.0 Å². The van der Waals surface area contributed by atoms with Crippen LogP contribution in [0.5, 0.6) is 0 Å². The Morgan fingerprint density at radius 2 is 1.78 bits per heavy atom. The average molecular weight is 438 g/mol. The number of hydrogen-bond donors (Lipinski definition) is 0. The van der Waals surface area contributed by atoms with Crippen molar-refractivity contribution in [1.82, 2.24) is 0 Å². The van der Waals surface area contributed by atoms with Crippen LogP contribution in [0.15, 0.2) is 69.2 Å². The SMILES string of the molecule is CON=C(C1=NOCCO1)c1ccccc1C=NOC(C)C(=NOC)c1ccc(C)cc1. The van der Waals surface area contributed by atoms with E-state index in [4.69, 9.17) is 24.1 Å². The van der Waals surface area contributed by atoms with Crippen LogP contribution in [-0.4, -0.2) is 57.1 Å². The van der Waals surface area contributed by atoms with Gasteiger partial charge in [-0.3, -0.25) is 0 Å². The van der Waals surface area contributed by atoms with E-state index in [-0.39, 0.29) is 5.90 Å². The molecule has 0 aromatic heterocycles. The van der Waals surface area contributed by atoms with Crippen molar-refractivity contribution in [3.05, 3.63) is 70.8 Å². The van der Waals surface area contributed by atoms with Crippen LogP contribution in [0.4, 0.5) is 0 Å². The Morgan fingerprint density at radius 1 is 1.03 bits per heavy atom. The van der Waals surface area contributed by atoms with Crippen molar-refractivity contribution in [3.63, 3.8) is 0 Å². The van der Waals surface area contributed by atoms with Gasteiger partial charge in [0.2, 0.25) is 0 Å². The standard InChI is InChI=1S/C23H26N4O5/c1-16-9-11-18(12-10-16)21(25-28-3)17(2)32-24-15-19-7-5-6-8-20(19)22(26-29-4)23-27-31-14-13-30-23/h5-12,15,17H,13-14H2,1-4H3. The lowest BCUT2D eigenvalue weighted by Gasteiger charge is -2.16. The molecule has 9 heteroatoms. The largest absolute Gasteiger partial charge is 0.470 e. The molecule has 2 aromatic rings. The van der Waals surface area contributed by atoms with Crippen LogP contribution in [-0.2, 0) is 24.1 Å². The molecule has 0 saturated heterocycles. The molecule has 1 aliphatic heterocycles. The lowest BCUT2D eigenvalue weighted by molar-refractivity contribution is 0.0672. The average Bonchev–Trinajstić information content (AvgIpc) is 2.82. The lowest BCUT2D eigenvalue weighted by atomic mass is 10.0. The summed E-state index contributed by atoms with van der Waals surface area (Å²) >= 11 is 0. The van der Waals surface area contributed by atoms with Gasteiger partial charge in [0, 0.05) is 16.7 Å². The molecule has 1 unspecified atom stereocenters. The zero-order valence-corrected chi connectivity index (χ0v) is 18.5. The van der Waals surface area contributed by atoms with E-state index in [1.54, 1.807) is 6.21 Å². The van der Waals surface area contributed by atoms with Gasteiger partial charge in [0.15, 0.2) is 18.4 Å². The van der Waals surface area contributed by atoms with Crippen molar-refractivity contribution in [2.75, 3.05) is 27.4 Å². The summed E-state index contributed by atoms with van der Waals surface area (Å²) in [6, 6.07) is 15.4. The van der Waals surface area contributed by atoms with Gasteiger partial charge in [-0.1, -0.05) is 69.6 Å². The van der Waals surface area contributed by atoms with E-state index in [0.29, 0.717) is 30.2 Å². The molecule has 1 aliphatic rings. The molecule has 32 heavy (non-hydrogen) atoms. The Labute approximate surface area is 186 Å². The molecule has 2 aromatic carbocycles. The van der Waals surface area contributed by atoms with E-state index in [1.807, 2.05) is 62.4 Å². The molecule has 0 amide bonds. The van der Waals surface area contributed by atoms with Crippen molar-refractivity contribution in [2.45, 2.75) is 20.0 Å². The maximum absolute atomic E-state index is 5.69. The highest BCUT2D eigenvalue weighted by molar-refractivity contribution is 6.46. The lowest BCUT2D eigenvalue weighted by Crippen LogP contribution is -2.26. The van der Waals surface area contributed by atoms with Crippen LogP contribution in [0, 0.1) is 6.92 Å². The molecule has 9 nitrogen and oxygen atoms in total. The van der Waals surface area contributed by atoms with Gasteiger partial charge < -0.3 is 24.1 Å². The van der Waals surface area contributed by atoms with Crippen molar-refractivity contribution in [2.24, 2.45) is 20.6 Å². The molecule has 0 saturated carbocycles. The number of ether oxygens (including phenoxy) is 1. The van der Waals surface area contributed by atoms with Gasteiger partial charge in [-0.25, -0.2) is 0 Å². The van der Waals surface area contributed by atoms with Crippen LogP contribution >= 0.6 is 0 Å². The molecule has 0 spiro atoms. The number of hydrogen-bond acceptors (Lipinski definition) is 9. The first-order valence-corrected chi connectivity index (χ1v) is 10.0. The third kappa shape index (κ3) is 5.84. The summed E-state index contributed by atoms with van der Waals surface area (Å²) < 4.78 is 5.57. The number of rotatable bonds is 9. The van der Waals surface area contributed by atoms with Crippen molar-refractivity contribution in [3.8, 4) is 0 Å². The topological polar surface area (TPSA) is 95.6 Å². The quantitative estimate of drug-likeness (QED) is 0.441. The normalized spacial score (nSPS) is 15.4. The number of nitrogens with zero attached hydrogens (tertiary/aromatic N) is 4. The number of benzene rings is 2. The molecule has 3 rings (SSSR count). The van der Waals surface area contributed by atoms with Gasteiger partial charge in [-0.2, -0.15) is 0 Å². The van der Waals surface area contributed by atoms with Crippen molar-refractivity contribution >= 4 is 23.5 Å². The van der Waals surface area contributed by atoms with Crippen LogP contribution in [0.25, 0.3) is 0 Å². The summed E-state index contributed by atoms with van der Waals surface area (Å²) in [4.78, 5) is 20.8. The maximum Gasteiger partial charge on any atom is 0.280 e. The van der Waals surface area contributed by atoms with E-state index in [9.17, 15) is 0 Å². The molecule has 0 aliphatic carbocycles. The van der Waals surface area contributed by atoms with Gasteiger partial charge in [0.25, 0.3) is 5.90 Å². The molecule has 1 atom stereocenters. The molecule has 0 N–H and O–H groups in total. The first-order valence-electron chi connectivity index (χ1n) is 10.0. The minimum Gasteiger partial charge on any atom is -0.470 e. The first kappa shape index (κ1) is 22.8. The molecule has 0 fully saturated rings. The summed E-state index contributed by atoms with van der Waals surface area (Å²) in [6.45, 7) is 4.63. The van der Waals surface area contributed by atoms with E-state index in [0.717, 1.165) is 16.7 Å². The summed E-state index contributed by atoms with van der Waals surface area (Å²) in [5.41, 5.74) is 4.49. The zero-order chi connectivity index (χ0) is 22.8. The van der Waals surface area contributed by atoms with Gasteiger partial charge >= 0.3 is 0 Å². The summed E-state index contributed by atoms with van der Waals surface area (Å²) in [5, 5.41) is 16.3. The molecular formula is C23H26N4O5. The van der Waals surface area contributed by atoms with Crippen molar-refractivity contribution < 1.29 is 24.1 Å². The summed E-state index contributed by atoms with van der Waals surface area (Å²) in [5.74, 6) is 0.238. The second-order valence-corrected chi connectivity index (χ2v) is 6.80. The summed E-state index contributed by atoms with van der Waals surface area (Å²) in [6.07, 6.45) is 1.13. The Kier molecular flexibility index (Phi) is 8.19. The predicted octanol–water partition coefficient (Wildman–Crippen LogP) is 3.50. The van der Waals surface area contributed by atoms with Crippen LogP contribution < -0.4 is 0 Å². The minimum atomic E-state index is -0.451. The first-order chi connectivity index (χ1) is 15.6. The smallest absolute Gasteiger partial charge is 0.280 e. The molecular weight excluding hydrogens is 412 g/mol. The molecule has 0 bridgehead atoms. The monoisotopic (exact) mass is 438 g/mol. The van der Waals surface area contributed by atoms with Gasteiger partial charge in [-0.15, -0.1) is 0 Å². The highest BCUT2D eigenvalue weighted by atomic mass is 16.7. The zero-order valence-electron chi connectivity index (χ0n) is 18.5. The van der Waals surface area contributed by atoms with E-state index in [1.165, 1.54) is 14.2 Å². The molecule has 1 heterocycles. The van der Waals surface area contributed by atoms with Crippen LogP contribution in [0.2, 0.25) is 0 Å². The minimum absolute atomic E-state index is 0.238. The Bertz CT molecular complexity index is 1020. The fourth-order valence-electron chi connectivity index (χ4n) is 2.95. The second kappa shape index (κ2) is 11.5. The Hall–Kier alpha value is -3.88. The summed E-state index contributed by atoms with van der Waals surface area (Å²) in [7, 11) is 2.95. The molecule has 0 radical (unpaired) electrons. The third-order valence-corrected chi connectivity index (χ3v) is 4.49. The molecule has 168 valence electrons. The van der Waals surface area contributed by atoms with Gasteiger partial charge in [0.1, 0.15) is 26.5 Å². The van der Waals surface area contributed by atoms with E-state index < -0.39 is 6.10 Å². The number of aryl methyl sites for hydroxylation is 1. The number of oxime groups is 4. The fourth-order valence-corrected chi connectivity index (χ4v) is 2.95. The second-order valence-electron chi connectivity index (χ2n) is 6.80. The highest BCUT2D eigenvalue weighted by Gasteiger charge is 2.21. The fraction of sp³-hybridized carbons (Fsp3) is 0.304. The maximum atomic E-state index is 5.69. The van der Waals surface area contributed by atoms with Gasteiger partial charge in [0.05, 0.1) is 6.21 Å². The highest BCUT2D eigenvalue weighted by Crippen LogP contribution is 2.14. The Balaban J connectivity index is 1.80.